The maximum atomic E-state index is 12.8. The van der Waals surface area contributed by atoms with Gasteiger partial charge in [-0.15, -0.1) is 0 Å². The maximum absolute atomic E-state index is 12.8. The van der Waals surface area contributed by atoms with Gasteiger partial charge in [-0.1, -0.05) is 19.3 Å². The molecule has 25 heavy (non-hydrogen) atoms. The first-order valence-corrected chi connectivity index (χ1v) is 10.7. The second-order valence-corrected chi connectivity index (χ2v) is 9.23. The standard InChI is InChI=1S/C18H19Br2NO3S/c1-10(12-5-3-2-4-6-12)21-17(23)15(25-18(21)24)9-11-7-13(19)16(22)14(20)8-11/h7-10,12,22H,2-6H2,1H3. The summed E-state index contributed by atoms with van der Waals surface area (Å²) in [6, 6.07) is 3.38. The average molecular weight is 489 g/mol. The Morgan fingerprint density at radius 1 is 1.20 bits per heavy atom. The highest BCUT2D eigenvalue weighted by Gasteiger charge is 2.40. The van der Waals surface area contributed by atoms with Gasteiger partial charge in [-0.05, 0) is 93.1 Å². The molecule has 1 saturated carbocycles. The maximum Gasteiger partial charge on any atom is 0.293 e. The lowest BCUT2D eigenvalue weighted by Crippen LogP contribution is -2.42. The highest BCUT2D eigenvalue weighted by Crippen LogP contribution is 2.39. The van der Waals surface area contributed by atoms with Crippen molar-refractivity contribution < 1.29 is 14.7 Å². The molecular weight excluding hydrogens is 470 g/mol. The van der Waals surface area contributed by atoms with E-state index in [1.807, 2.05) is 6.92 Å². The molecule has 2 aliphatic rings. The topological polar surface area (TPSA) is 57.6 Å². The third kappa shape index (κ3) is 3.98. The van der Waals surface area contributed by atoms with Crippen molar-refractivity contribution in [3.63, 3.8) is 0 Å². The number of nitrogens with zero attached hydrogens (tertiary/aromatic N) is 1. The molecule has 0 spiro atoms. The van der Waals surface area contributed by atoms with Crippen LogP contribution in [0, 0.1) is 5.92 Å². The number of rotatable bonds is 3. The van der Waals surface area contributed by atoms with E-state index in [-0.39, 0.29) is 22.9 Å². The lowest BCUT2D eigenvalue weighted by molar-refractivity contribution is -0.125. The molecule has 0 bridgehead atoms. The van der Waals surface area contributed by atoms with Crippen LogP contribution in [-0.4, -0.2) is 27.2 Å². The number of phenolic OH excluding ortho intramolecular Hbond substituents is 1. The number of thioether (sulfide) groups is 1. The zero-order valence-corrected chi connectivity index (χ0v) is 17.8. The normalized spacial score (nSPS) is 22.0. The first-order valence-electron chi connectivity index (χ1n) is 8.33. The highest BCUT2D eigenvalue weighted by molar-refractivity contribution is 9.11. The molecule has 1 aromatic rings. The van der Waals surface area contributed by atoms with Crippen molar-refractivity contribution in [3.8, 4) is 5.75 Å². The Balaban J connectivity index is 1.83. The van der Waals surface area contributed by atoms with Gasteiger partial charge in [0, 0.05) is 6.04 Å². The van der Waals surface area contributed by atoms with Gasteiger partial charge in [-0.2, -0.15) is 0 Å². The van der Waals surface area contributed by atoms with Crippen LogP contribution < -0.4 is 0 Å². The van der Waals surface area contributed by atoms with Gasteiger partial charge < -0.3 is 5.11 Å². The number of halogens is 2. The Morgan fingerprint density at radius 3 is 2.40 bits per heavy atom. The molecule has 4 nitrogen and oxygen atoms in total. The van der Waals surface area contributed by atoms with E-state index >= 15 is 0 Å². The lowest BCUT2D eigenvalue weighted by Gasteiger charge is -2.32. The minimum atomic E-state index is -0.214. The molecule has 134 valence electrons. The number of imide groups is 1. The summed E-state index contributed by atoms with van der Waals surface area (Å²) in [7, 11) is 0. The summed E-state index contributed by atoms with van der Waals surface area (Å²) >= 11 is 7.55. The summed E-state index contributed by atoms with van der Waals surface area (Å²) in [4.78, 5) is 27.1. The summed E-state index contributed by atoms with van der Waals surface area (Å²) in [5.41, 5.74) is 0.743. The van der Waals surface area contributed by atoms with Gasteiger partial charge in [0.05, 0.1) is 13.9 Å². The first-order chi connectivity index (χ1) is 11.9. The number of hydrogen-bond acceptors (Lipinski definition) is 4. The van der Waals surface area contributed by atoms with Crippen LogP contribution in [0.15, 0.2) is 26.0 Å². The molecule has 1 unspecified atom stereocenters. The Labute approximate surface area is 168 Å². The van der Waals surface area contributed by atoms with Crippen LogP contribution >= 0.6 is 43.6 Å². The van der Waals surface area contributed by atoms with Gasteiger partial charge in [-0.3, -0.25) is 14.5 Å². The number of hydrogen-bond donors (Lipinski definition) is 1. The van der Waals surface area contributed by atoms with Crippen LogP contribution in [-0.2, 0) is 4.79 Å². The number of carbonyl (C=O) groups excluding carboxylic acids is 2. The number of benzene rings is 1. The SMILES string of the molecule is CC(C1CCCCC1)N1C(=O)SC(=Cc2cc(Br)c(O)c(Br)c2)C1=O. The van der Waals surface area contributed by atoms with Gasteiger partial charge in [0.15, 0.2) is 0 Å². The van der Waals surface area contributed by atoms with Gasteiger partial charge in [0.25, 0.3) is 11.1 Å². The fourth-order valence-corrected chi connectivity index (χ4v) is 5.62. The molecule has 1 N–H and O–H groups in total. The molecule has 0 radical (unpaired) electrons. The van der Waals surface area contributed by atoms with Crippen LogP contribution in [0.3, 0.4) is 0 Å². The van der Waals surface area contributed by atoms with E-state index in [0.29, 0.717) is 19.8 Å². The summed E-state index contributed by atoms with van der Waals surface area (Å²) in [5.74, 6) is 0.295. The molecule has 1 aromatic carbocycles. The Kier molecular flexibility index (Phi) is 5.96. The van der Waals surface area contributed by atoms with Crippen molar-refractivity contribution in [2.75, 3.05) is 0 Å². The molecule has 1 aliphatic heterocycles. The monoisotopic (exact) mass is 487 g/mol. The van der Waals surface area contributed by atoms with E-state index in [2.05, 4.69) is 31.9 Å². The molecule has 1 heterocycles. The van der Waals surface area contributed by atoms with Gasteiger partial charge >= 0.3 is 0 Å². The van der Waals surface area contributed by atoms with Gasteiger partial charge in [-0.25, -0.2) is 0 Å². The van der Waals surface area contributed by atoms with E-state index in [1.54, 1.807) is 18.2 Å². The Hall–Kier alpha value is -0.790. The lowest BCUT2D eigenvalue weighted by atomic mass is 9.84. The molecule has 2 fully saturated rings. The van der Waals surface area contributed by atoms with Crippen LogP contribution in [0.2, 0.25) is 0 Å². The fourth-order valence-electron chi connectivity index (χ4n) is 3.48. The molecular formula is C18H19Br2NO3S. The van der Waals surface area contributed by atoms with Crippen molar-refractivity contribution in [1.82, 2.24) is 4.90 Å². The van der Waals surface area contributed by atoms with E-state index in [1.165, 1.54) is 24.2 Å². The average Bonchev–Trinajstić information content (AvgIpc) is 2.86. The molecule has 1 atom stereocenters. The van der Waals surface area contributed by atoms with E-state index in [0.717, 1.165) is 30.2 Å². The zero-order chi connectivity index (χ0) is 18.1. The van der Waals surface area contributed by atoms with Gasteiger partial charge in [0.2, 0.25) is 0 Å². The van der Waals surface area contributed by atoms with Crippen LogP contribution in [0.1, 0.15) is 44.6 Å². The fraction of sp³-hybridized carbons (Fsp3) is 0.444. The second kappa shape index (κ2) is 7.84. The van der Waals surface area contributed by atoms with E-state index < -0.39 is 0 Å². The van der Waals surface area contributed by atoms with Crippen molar-refractivity contribution in [2.24, 2.45) is 5.92 Å². The minimum Gasteiger partial charge on any atom is -0.506 e. The third-order valence-corrected chi connectivity index (χ3v) is 6.99. The predicted molar refractivity (Wildman–Crippen MR) is 107 cm³/mol. The third-order valence-electron chi connectivity index (χ3n) is 4.90. The Morgan fingerprint density at radius 2 is 1.80 bits per heavy atom. The largest absolute Gasteiger partial charge is 0.506 e. The van der Waals surface area contributed by atoms with Gasteiger partial charge in [0.1, 0.15) is 5.75 Å². The summed E-state index contributed by atoms with van der Waals surface area (Å²) < 4.78 is 1.06. The number of aromatic hydroxyl groups is 1. The van der Waals surface area contributed by atoms with E-state index in [9.17, 15) is 14.7 Å². The van der Waals surface area contributed by atoms with Crippen LogP contribution in [0.4, 0.5) is 4.79 Å². The van der Waals surface area contributed by atoms with E-state index in [4.69, 9.17) is 0 Å². The van der Waals surface area contributed by atoms with Crippen LogP contribution in [0.5, 0.6) is 5.75 Å². The molecule has 2 amide bonds. The number of phenols is 1. The molecule has 0 aromatic heterocycles. The number of amides is 2. The quantitative estimate of drug-likeness (QED) is 0.536. The molecule has 1 aliphatic carbocycles. The second-order valence-electron chi connectivity index (χ2n) is 6.52. The van der Waals surface area contributed by atoms with Crippen LogP contribution in [0.25, 0.3) is 6.08 Å². The Bertz CT molecular complexity index is 721. The molecule has 3 rings (SSSR count). The van der Waals surface area contributed by atoms with Crippen molar-refractivity contribution in [1.29, 1.82) is 0 Å². The summed E-state index contributed by atoms with van der Waals surface area (Å²) in [6.07, 6.45) is 7.47. The smallest absolute Gasteiger partial charge is 0.293 e. The van der Waals surface area contributed by atoms with Crippen molar-refractivity contribution in [3.05, 3.63) is 31.5 Å². The number of carbonyl (C=O) groups is 2. The molecule has 1 saturated heterocycles. The summed E-state index contributed by atoms with van der Waals surface area (Å²) in [6.45, 7) is 1.99. The predicted octanol–water partition coefficient (Wildman–Crippen LogP) is 5.92. The minimum absolute atomic E-state index is 0.0583. The first kappa shape index (κ1) is 19.0. The van der Waals surface area contributed by atoms with Crippen molar-refractivity contribution in [2.45, 2.75) is 45.1 Å². The van der Waals surface area contributed by atoms with Crippen molar-refractivity contribution >= 4 is 60.8 Å². The zero-order valence-electron chi connectivity index (χ0n) is 13.8. The summed E-state index contributed by atoms with van der Waals surface area (Å²) in [5, 5.41) is 9.61. The molecule has 7 heteroatoms. The highest BCUT2D eigenvalue weighted by atomic mass is 79.9.